The lowest BCUT2D eigenvalue weighted by atomic mass is 10.1. The number of aromatic amines is 1. The molecule has 0 aliphatic heterocycles. The van der Waals surface area contributed by atoms with Crippen LogP contribution in [0.3, 0.4) is 0 Å². The minimum atomic E-state index is 0.694. The van der Waals surface area contributed by atoms with E-state index in [2.05, 4.69) is 69.0 Å². The summed E-state index contributed by atoms with van der Waals surface area (Å²) in [4.78, 5) is 7.53. The molecule has 1 heterocycles. The van der Waals surface area contributed by atoms with Crippen LogP contribution in [0.15, 0.2) is 0 Å². The fourth-order valence-electron chi connectivity index (χ4n) is 0.901. The molecule has 2 nitrogen and oxygen atoms in total. The van der Waals surface area contributed by atoms with Crippen molar-refractivity contribution >= 4 is 45.2 Å². The fraction of sp³-hybridized carbons (Fsp3) is 0.571. The Hall–Kier alpha value is 0.670. The summed E-state index contributed by atoms with van der Waals surface area (Å²) in [5.74, 6) is 0.694. The molecule has 0 fully saturated rings. The van der Waals surface area contributed by atoms with E-state index in [1.54, 1.807) is 0 Å². The summed E-state index contributed by atoms with van der Waals surface area (Å²) in [5.41, 5.74) is 1.27. The van der Waals surface area contributed by atoms with Crippen LogP contribution in [0, 0.1) is 13.4 Å². The zero-order chi connectivity index (χ0) is 8.43. The molecule has 0 aliphatic carbocycles. The highest BCUT2D eigenvalue weighted by Crippen LogP contribution is 2.14. The molecule has 0 bridgehead atoms. The molecular formula is C7H10I2N2. The number of nitrogens with zero attached hydrogens (tertiary/aromatic N) is 1. The average Bonchev–Trinajstić information content (AvgIpc) is 2.09. The second kappa shape index (κ2) is 4.06. The van der Waals surface area contributed by atoms with E-state index in [0.29, 0.717) is 5.92 Å². The molecule has 1 aromatic heterocycles. The lowest BCUT2D eigenvalue weighted by molar-refractivity contribution is 0.635. The van der Waals surface area contributed by atoms with Gasteiger partial charge in [0.1, 0.15) is 3.70 Å². The molecule has 0 saturated carbocycles. The normalized spacial score (nSPS) is 11.0. The summed E-state index contributed by atoms with van der Waals surface area (Å²) in [6, 6.07) is 0. The molecule has 1 aromatic rings. The number of H-pyrrole nitrogens is 1. The number of rotatable bonds is 2. The number of nitrogens with one attached hydrogen (secondary N) is 1. The second-order valence-electron chi connectivity index (χ2n) is 2.89. The molecule has 1 N–H and O–H groups in total. The van der Waals surface area contributed by atoms with Crippen molar-refractivity contribution in [3.8, 4) is 0 Å². The minimum absolute atomic E-state index is 0.694. The molecule has 0 atom stereocenters. The second-order valence-corrected chi connectivity index (χ2v) is 4.94. The van der Waals surface area contributed by atoms with Crippen LogP contribution in [0.4, 0.5) is 0 Å². The maximum atomic E-state index is 4.28. The highest BCUT2D eigenvalue weighted by atomic mass is 127. The molecule has 1 rings (SSSR count). The van der Waals surface area contributed by atoms with Crippen molar-refractivity contribution in [2.45, 2.75) is 20.3 Å². The Labute approximate surface area is 93.8 Å². The first-order chi connectivity index (χ1) is 5.09. The van der Waals surface area contributed by atoms with Gasteiger partial charge in [0.05, 0.1) is 0 Å². The minimum Gasteiger partial charge on any atom is -0.336 e. The van der Waals surface area contributed by atoms with Crippen LogP contribution >= 0.6 is 45.2 Å². The van der Waals surface area contributed by atoms with Crippen molar-refractivity contribution < 1.29 is 0 Å². The van der Waals surface area contributed by atoms with Crippen molar-refractivity contribution in [2.75, 3.05) is 0 Å². The van der Waals surface area contributed by atoms with E-state index >= 15 is 0 Å². The van der Waals surface area contributed by atoms with Crippen LogP contribution < -0.4 is 0 Å². The van der Waals surface area contributed by atoms with Gasteiger partial charge < -0.3 is 4.98 Å². The summed E-state index contributed by atoms with van der Waals surface area (Å²) in [6.45, 7) is 4.42. The van der Waals surface area contributed by atoms with Crippen molar-refractivity contribution in [2.24, 2.45) is 5.92 Å². The number of halogens is 2. The van der Waals surface area contributed by atoms with E-state index in [9.17, 15) is 0 Å². The van der Waals surface area contributed by atoms with E-state index in [0.717, 1.165) is 14.0 Å². The van der Waals surface area contributed by atoms with E-state index in [4.69, 9.17) is 0 Å². The number of aromatic nitrogens is 2. The highest BCUT2D eigenvalue weighted by molar-refractivity contribution is 14.1. The smallest absolute Gasteiger partial charge is 0.169 e. The molecule has 0 saturated heterocycles. The molecule has 0 radical (unpaired) electrons. The highest BCUT2D eigenvalue weighted by Gasteiger charge is 2.06. The van der Waals surface area contributed by atoms with Gasteiger partial charge in [-0.1, -0.05) is 13.8 Å². The standard InChI is InChI=1S/C7H10I2N2/c1-4(2)3-5-6(8)11-7(9)10-5/h4H,3H2,1-2H3,(H,10,11). The van der Waals surface area contributed by atoms with Gasteiger partial charge >= 0.3 is 0 Å². The predicted octanol–water partition coefficient (Wildman–Crippen LogP) is 2.82. The van der Waals surface area contributed by atoms with Crippen LogP contribution in [0.1, 0.15) is 19.5 Å². The van der Waals surface area contributed by atoms with Crippen molar-refractivity contribution in [1.82, 2.24) is 9.97 Å². The van der Waals surface area contributed by atoms with Crippen LogP contribution in [0.25, 0.3) is 0 Å². The molecule has 11 heavy (non-hydrogen) atoms. The lowest BCUT2D eigenvalue weighted by Gasteiger charge is -2.00. The quantitative estimate of drug-likeness (QED) is 0.791. The Morgan fingerprint density at radius 1 is 1.45 bits per heavy atom. The van der Waals surface area contributed by atoms with E-state index in [-0.39, 0.29) is 0 Å². The summed E-state index contributed by atoms with van der Waals surface area (Å²) in [6.07, 6.45) is 1.09. The molecule has 4 heteroatoms. The van der Waals surface area contributed by atoms with E-state index in [1.165, 1.54) is 5.69 Å². The van der Waals surface area contributed by atoms with Gasteiger partial charge in [0.2, 0.25) is 0 Å². The van der Waals surface area contributed by atoms with Crippen molar-refractivity contribution in [3.05, 3.63) is 13.2 Å². The van der Waals surface area contributed by atoms with Crippen LogP contribution in [-0.4, -0.2) is 9.97 Å². The topological polar surface area (TPSA) is 28.7 Å². The maximum Gasteiger partial charge on any atom is 0.169 e. The van der Waals surface area contributed by atoms with Crippen molar-refractivity contribution in [3.63, 3.8) is 0 Å². The molecule has 0 spiro atoms. The van der Waals surface area contributed by atoms with Gasteiger partial charge in [-0.3, -0.25) is 0 Å². The van der Waals surface area contributed by atoms with Gasteiger partial charge in [0.15, 0.2) is 3.83 Å². The molecule has 0 unspecified atom stereocenters. The lowest BCUT2D eigenvalue weighted by Crippen LogP contribution is -1.96. The summed E-state index contributed by atoms with van der Waals surface area (Å²) in [7, 11) is 0. The maximum absolute atomic E-state index is 4.28. The molecule has 0 amide bonds. The summed E-state index contributed by atoms with van der Waals surface area (Å²) >= 11 is 4.47. The third-order valence-electron chi connectivity index (χ3n) is 1.31. The van der Waals surface area contributed by atoms with Crippen LogP contribution in [-0.2, 0) is 6.42 Å². The predicted molar refractivity (Wildman–Crippen MR) is 62.6 cm³/mol. The monoisotopic (exact) mass is 376 g/mol. The third-order valence-corrected chi connectivity index (χ3v) is 2.71. The van der Waals surface area contributed by atoms with Gasteiger partial charge in [-0.25, -0.2) is 4.98 Å². The average molecular weight is 376 g/mol. The number of hydrogen-bond donors (Lipinski definition) is 1. The Bertz CT molecular complexity index is 243. The third kappa shape index (κ3) is 2.89. The SMILES string of the molecule is CC(C)Cc1[nH]c(I)nc1I. The Morgan fingerprint density at radius 3 is 2.45 bits per heavy atom. The zero-order valence-electron chi connectivity index (χ0n) is 6.49. The van der Waals surface area contributed by atoms with Gasteiger partial charge in [0, 0.05) is 5.69 Å². The van der Waals surface area contributed by atoms with Gasteiger partial charge in [-0.15, -0.1) is 0 Å². The van der Waals surface area contributed by atoms with E-state index in [1.807, 2.05) is 0 Å². The van der Waals surface area contributed by atoms with Crippen LogP contribution in [0.2, 0.25) is 0 Å². The van der Waals surface area contributed by atoms with Gasteiger partial charge in [0.25, 0.3) is 0 Å². The molecular weight excluding hydrogens is 366 g/mol. The van der Waals surface area contributed by atoms with Crippen LogP contribution in [0.5, 0.6) is 0 Å². The van der Waals surface area contributed by atoms with Gasteiger partial charge in [-0.05, 0) is 57.5 Å². The first-order valence-corrected chi connectivity index (χ1v) is 5.65. The van der Waals surface area contributed by atoms with Crippen molar-refractivity contribution in [1.29, 1.82) is 0 Å². The zero-order valence-corrected chi connectivity index (χ0v) is 10.8. The Morgan fingerprint density at radius 2 is 2.09 bits per heavy atom. The number of imidazole rings is 1. The molecule has 62 valence electrons. The molecule has 0 aromatic carbocycles. The molecule has 0 aliphatic rings. The Kier molecular flexibility index (Phi) is 3.60. The summed E-state index contributed by atoms with van der Waals surface area (Å²) < 4.78 is 2.10. The van der Waals surface area contributed by atoms with Gasteiger partial charge in [-0.2, -0.15) is 0 Å². The first kappa shape index (κ1) is 9.76. The Balaban J connectivity index is 2.77. The van der Waals surface area contributed by atoms with E-state index < -0.39 is 0 Å². The largest absolute Gasteiger partial charge is 0.336 e. The number of hydrogen-bond acceptors (Lipinski definition) is 1. The summed E-state index contributed by atoms with van der Waals surface area (Å²) in [5, 5.41) is 0. The first-order valence-electron chi connectivity index (χ1n) is 3.49. The fourth-order valence-corrected chi connectivity index (χ4v) is 2.53.